The molecule has 0 saturated carbocycles. The molecule has 0 spiro atoms. The number of methoxy groups -OCH3 is 2. The first-order valence-corrected chi connectivity index (χ1v) is 4.52. The molecule has 0 aliphatic carbocycles. The Morgan fingerprint density at radius 3 is 2.21 bits per heavy atom. The van der Waals surface area contributed by atoms with Gasteiger partial charge in [-0.3, -0.25) is 4.98 Å². The minimum atomic E-state index is 0.628. The van der Waals surface area contributed by atoms with Crippen LogP contribution in [0.2, 0.25) is 0 Å². The minimum absolute atomic E-state index is 0.628. The Kier molecular flexibility index (Phi) is 6.20. The van der Waals surface area contributed by atoms with E-state index < -0.39 is 0 Å². The highest BCUT2D eigenvalue weighted by Gasteiger charge is 2.02. The van der Waals surface area contributed by atoms with Crippen molar-refractivity contribution in [3.05, 3.63) is 24.5 Å². The number of rotatable bonds is 3. The SMILES string of the molecule is C=Cc1cc(OC)c(OC)cn1.CC. The largest absolute Gasteiger partial charge is 0.493 e. The van der Waals surface area contributed by atoms with Gasteiger partial charge in [-0.2, -0.15) is 0 Å². The second kappa shape index (κ2) is 6.95. The van der Waals surface area contributed by atoms with Crippen LogP contribution >= 0.6 is 0 Å². The topological polar surface area (TPSA) is 31.4 Å². The van der Waals surface area contributed by atoms with Crippen LogP contribution in [0.4, 0.5) is 0 Å². The fraction of sp³-hybridized carbons (Fsp3) is 0.364. The Morgan fingerprint density at radius 2 is 1.79 bits per heavy atom. The van der Waals surface area contributed by atoms with Gasteiger partial charge in [0.15, 0.2) is 11.5 Å². The van der Waals surface area contributed by atoms with Crippen molar-refractivity contribution < 1.29 is 9.47 Å². The molecule has 1 heterocycles. The summed E-state index contributed by atoms with van der Waals surface area (Å²) in [6.07, 6.45) is 3.26. The number of ether oxygens (including phenoxy) is 2. The quantitative estimate of drug-likeness (QED) is 0.743. The summed E-state index contributed by atoms with van der Waals surface area (Å²) in [5.41, 5.74) is 0.771. The summed E-state index contributed by atoms with van der Waals surface area (Å²) in [5, 5.41) is 0. The van der Waals surface area contributed by atoms with E-state index in [-0.39, 0.29) is 0 Å². The molecular formula is C11H17NO2. The van der Waals surface area contributed by atoms with Gasteiger partial charge in [-0.1, -0.05) is 20.4 Å². The molecule has 0 fully saturated rings. The molecule has 0 saturated heterocycles. The van der Waals surface area contributed by atoms with Crippen LogP contribution in [0, 0.1) is 0 Å². The van der Waals surface area contributed by atoms with E-state index in [1.807, 2.05) is 13.8 Å². The van der Waals surface area contributed by atoms with Crippen LogP contribution < -0.4 is 9.47 Å². The monoisotopic (exact) mass is 195 g/mol. The van der Waals surface area contributed by atoms with Gasteiger partial charge >= 0.3 is 0 Å². The maximum absolute atomic E-state index is 5.07. The van der Waals surface area contributed by atoms with Gasteiger partial charge in [0.2, 0.25) is 0 Å². The standard InChI is InChI=1S/C9H11NO2.C2H6/c1-4-7-5-8(11-2)9(12-3)6-10-7;1-2/h4-6H,1H2,2-3H3;1-2H3. The van der Waals surface area contributed by atoms with E-state index in [4.69, 9.17) is 9.47 Å². The Bertz CT molecular complexity index is 285. The van der Waals surface area contributed by atoms with Gasteiger partial charge < -0.3 is 9.47 Å². The predicted octanol–water partition coefficient (Wildman–Crippen LogP) is 2.77. The van der Waals surface area contributed by atoms with Crippen LogP contribution in [0.1, 0.15) is 19.5 Å². The van der Waals surface area contributed by atoms with Gasteiger partial charge in [0.25, 0.3) is 0 Å². The Hall–Kier alpha value is -1.51. The molecule has 0 unspecified atom stereocenters. The van der Waals surface area contributed by atoms with E-state index in [0.717, 1.165) is 5.69 Å². The Balaban J connectivity index is 0.000000791. The van der Waals surface area contributed by atoms with Crippen molar-refractivity contribution in [2.45, 2.75) is 13.8 Å². The second-order valence-corrected chi connectivity index (χ2v) is 2.17. The average molecular weight is 195 g/mol. The van der Waals surface area contributed by atoms with Crippen LogP contribution in [0.25, 0.3) is 6.08 Å². The van der Waals surface area contributed by atoms with Crippen molar-refractivity contribution in [3.8, 4) is 11.5 Å². The lowest BCUT2D eigenvalue weighted by Crippen LogP contribution is -1.92. The number of hydrogen-bond donors (Lipinski definition) is 0. The molecule has 3 nitrogen and oxygen atoms in total. The molecule has 0 N–H and O–H groups in total. The van der Waals surface area contributed by atoms with Gasteiger partial charge in [-0.05, 0) is 6.08 Å². The third-order valence-electron chi connectivity index (χ3n) is 1.50. The third-order valence-corrected chi connectivity index (χ3v) is 1.50. The zero-order valence-electron chi connectivity index (χ0n) is 9.20. The van der Waals surface area contributed by atoms with Crippen molar-refractivity contribution >= 4 is 6.08 Å². The zero-order chi connectivity index (χ0) is 11.0. The molecule has 1 aromatic rings. The van der Waals surface area contributed by atoms with E-state index >= 15 is 0 Å². The molecule has 0 bridgehead atoms. The van der Waals surface area contributed by atoms with Gasteiger partial charge in [0.1, 0.15) is 0 Å². The molecule has 0 aliphatic heterocycles. The molecule has 1 aromatic heterocycles. The normalized spacial score (nSPS) is 8.29. The van der Waals surface area contributed by atoms with Gasteiger partial charge in [-0.25, -0.2) is 0 Å². The number of nitrogens with zero attached hydrogens (tertiary/aromatic N) is 1. The predicted molar refractivity (Wildman–Crippen MR) is 58.8 cm³/mol. The third kappa shape index (κ3) is 3.09. The molecule has 0 radical (unpaired) electrons. The maximum Gasteiger partial charge on any atom is 0.179 e. The molecule has 1 rings (SSSR count). The van der Waals surface area contributed by atoms with E-state index in [1.165, 1.54) is 0 Å². The summed E-state index contributed by atoms with van der Waals surface area (Å²) in [7, 11) is 3.16. The zero-order valence-corrected chi connectivity index (χ0v) is 9.20. The fourth-order valence-electron chi connectivity index (χ4n) is 0.864. The smallest absolute Gasteiger partial charge is 0.179 e. The van der Waals surface area contributed by atoms with Crippen LogP contribution in [-0.4, -0.2) is 19.2 Å². The van der Waals surface area contributed by atoms with Gasteiger partial charge in [-0.15, -0.1) is 0 Å². The number of hydrogen-bond acceptors (Lipinski definition) is 3. The summed E-state index contributed by atoms with van der Waals surface area (Å²) in [5.74, 6) is 1.30. The number of pyridine rings is 1. The van der Waals surface area contributed by atoms with Crippen LogP contribution in [-0.2, 0) is 0 Å². The lowest BCUT2D eigenvalue weighted by molar-refractivity contribution is 0.353. The lowest BCUT2D eigenvalue weighted by Gasteiger charge is -2.06. The summed E-state index contributed by atoms with van der Waals surface area (Å²) in [6, 6.07) is 1.77. The molecule has 0 atom stereocenters. The van der Waals surface area contributed by atoms with Crippen LogP contribution in [0.5, 0.6) is 11.5 Å². The van der Waals surface area contributed by atoms with Gasteiger partial charge in [0.05, 0.1) is 26.1 Å². The Labute approximate surface area is 85.4 Å². The molecule has 0 aliphatic rings. The van der Waals surface area contributed by atoms with Crippen LogP contribution in [0.3, 0.4) is 0 Å². The van der Waals surface area contributed by atoms with Crippen molar-refractivity contribution in [1.29, 1.82) is 0 Å². The summed E-state index contributed by atoms with van der Waals surface area (Å²) < 4.78 is 10.1. The highest BCUT2D eigenvalue weighted by atomic mass is 16.5. The minimum Gasteiger partial charge on any atom is -0.493 e. The van der Waals surface area contributed by atoms with Crippen molar-refractivity contribution in [3.63, 3.8) is 0 Å². The molecule has 78 valence electrons. The lowest BCUT2D eigenvalue weighted by atomic mass is 10.3. The van der Waals surface area contributed by atoms with E-state index in [9.17, 15) is 0 Å². The van der Waals surface area contributed by atoms with E-state index in [1.54, 1.807) is 32.6 Å². The van der Waals surface area contributed by atoms with Crippen LogP contribution in [0.15, 0.2) is 18.8 Å². The molecule has 3 heteroatoms. The fourth-order valence-corrected chi connectivity index (χ4v) is 0.864. The highest BCUT2D eigenvalue weighted by molar-refractivity contribution is 5.49. The first-order valence-electron chi connectivity index (χ1n) is 4.52. The maximum atomic E-state index is 5.07. The second-order valence-electron chi connectivity index (χ2n) is 2.17. The molecule has 14 heavy (non-hydrogen) atoms. The average Bonchev–Trinajstić information content (AvgIpc) is 2.30. The Morgan fingerprint density at radius 1 is 1.21 bits per heavy atom. The van der Waals surface area contributed by atoms with E-state index in [2.05, 4.69) is 11.6 Å². The molecule has 0 aromatic carbocycles. The summed E-state index contributed by atoms with van der Waals surface area (Å²) in [6.45, 7) is 7.60. The highest BCUT2D eigenvalue weighted by Crippen LogP contribution is 2.25. The number of aromatic nitrogens is 1. The summed E-state index contributed by atoms with van der Waals surface area (Å²) >= 11 is 0. The molecule has 0 amide bonds. The first kappa shape index (κ1) is 12.5. The van der Waals surface area contributed by atoms with Gasteiger partial charge in [0, 0.05) is 6.07 Å². The van der Waals surface area contributed by atoms with Crippen molar-refractivity contribution in [2.24, 2.45) is 0 Å². The van der Waals surface area contributed by atoms with Crippen molar-refractivity contribution in [2.75, 3.05) is 14.2 Å². The van der Waals surface area contributed by atoms with E-state index in [0.29, 0.717) is 11.5 Å². The first-order chi connectivity index (χ1) is 6.81. The van der Waals surface area contributed by atoms with Crippen molar-refractivity contribution in [1.82, 2.24) is 4.98 Å². The summed E-state index contributed by atoms with van der Waals surface area (Å²) in [4.78, 5) is 4.05. The molecular weight excluding hydrogens is 178 g/mol.